The van der Waals surface area contributed by atoms with Gasteiger partial charge in [-0.05, 0) is 61.1 Å². The van der Waals surface area contributed by atoms with Crippen molar-refractivity contribution in [3.8, 4) is 0 Å². The number of hydrogen-bond donors (Lipinski definition) is 1. The number of carbonyl (C=O) groups excluding carboxylic acids is 1. The molecular weight excluding hydrogens is 453 g/mol. The molecule has 1 aromatic carbocycles. The van der Waals surface area contributed by atoms with E-state index in [9.17, 15) is 13.2 Å². The van der Waals surface area contributed by atoms with Crippen LogP contribution in [-0.2, 0) is 34.8 Å². The average Bonchev–Trinajstić information content (AvgIpc) is 3.31. The third-order valence-corrected chi connectivity index (χ3v) is 6.96. The number of fused-ring (bicyclic) bond motifs is 1. The van der Waals surface area contributed by atoms with Crippen LogP contribution >= 0.6 is 11.6 Å². The number of amides is 2. The van der Waals surface area contributed by atoms with Gasteiger partial charge in [-0.1, -0.05) is 11.6 Å². The van der Waals surface area contributed by atoms with Gasteiger partial charge in [0.1, 0.15) is 0 Å². The molecule has 2 aliphatic rings. The number of benzene rings is 1. The molecule has 12 heteroatoms. The van der Waals surface area contributed by atoms with Gasteiger partial charge in [0.15, 0.2) is 6.03 Å². The Hall–Kier alpha value is -1.30. The monoisotopic (exact) mass is 475 g/mol. The van der Waals surface area contributed by atoms with E-state index < -0.39 is 16.2 Å². The first kappa shape index (κ1) is 24.3. The summed E-state index contributed by atoms with van der Waals surface area (Å²) in [5, 5.41) is 7.17. The number of aromatic nitrogens is 2. The Kier molecular flexibility index (Phi) is 7.93. The summed E-state index contributed by atoms with van der Waals surface area (Å²) in [5.74, 6) is 0. The SMILES string of the molecule is Cn1cc(N(C2CCOCC2)S(=O)(=O)[N-]C(=O)Nc2cc(Cl)cc3c2CCC3)cn1.[Na+]. The Morgan fingerprint density at radius 1 is 1.32 bits per heavy atom. The van der Waals surface area contributed by atoms with Crippen LogP contribution in [0.5, 0.6) is 0 Å². The summed E-state index contributed by atoms with van der Waals surface area (Å²) < 4.78 is 37.8. The van der Waals surface area contributed by atoms with Crippen LogP contribution in [-0.4, -0.2) is 43.5 Å². The third kappa shape index (κ3) is 5.55. The van der Waals surface area contributed by atoms with Gasteiger partial charge in [0.05, 0.1) is 11.9 Å². The summed E-state index contributed by atoms with van der Waals surface area (Å²) in [6, 6.07) is 2.19. The minimum atomic E-state index is -4.30. The number of aryl methyl sites for hydroxylation is 2. The largest absolute Gasteiger partial charge is 1.00 e. The average molecular weight is 476 g/mol. The van der Waals surface area contributed by atoms with Gasteiger partial charge in [0.2, 0.25) is 0 Å². The number of carbonyl (C=O) groups is 1. The molecule has 0 atom stereocenters. The molecule has 2 amide bonds. The van der Waals surface area contributed by atoms with E-state index in [-0.39, 0.29) is 35.6 Å². The fourth-order valence-electron chi connectivity index (χ4n) is 4.04. The molecule has 2 heterocycles. The van der Waals surface area contributed by atoms with Gasteiger partial charge in [-0.2, -0.15) is 5.10 Å². The number of nitrogens with one attached hydrogen (secondary N) is 1. The number of rotatable bonds is 5. The number of hydrogen-bond acceptors (Lipinski definition) is 5. The van der Waals surface area contributed by atoms with E-state index in [2.05, 4.69) is 15.1 Å². The van der Waals surface area contributed by atoms with Crippen molar-refractivity contribution < 1.29 is 47.5 Å². The molecule has 4 rings (SSSR count). The van der Waals surface area contributed by atoms with Crippen molar-refractivity contribution in [2.45, 2.75) is 38.1 Å². The molecule has 0 saturated carbocycles. The number of nitrogens with zero attached hydrogens (tertiary/aromatic N) is 4. The van der Waals surface area contributed by atoms with Crippen LogP contribution in [0.1, 0.15) is 30.4 Å². The van der Waals surface area contributed by atoms with E-state index in [4.69, 9.17) is 16.3 Å². The Labute approximate surface area is 208 Å². The molecule has 9 nitrogen and oxygen atoms in total. The van der Waals surface area contributed by atoms with Crippen molar-refractivity contribution in [3.63, 3.8) is 0 Å². The van der Waals surface area contributed by atoms with Gasteiger partial charge < -0.3 is 14.8 Å². The van der Waals surface area contributed by atoms with Crippen molar-refractivity contribution in [1.29, 1.82) is 0 Å². The summed E-state index contributed by atoms with van der Waals surface area (Å²) in [4.78, 5) is 12.6. The zero-order valence-corrected chi connectivity index (χ0v) is 21.1. The molecule has 0 radical (unpaired) electrons. The molecule has 0 spiro atoms. The topological polar surface area (TPSA) is 108 Å². The second-order valence-electron chi connectivity index (χ2n) is 7.46. The quantitative estimate of drug-likeness (QED) is 0.630. The second kappa shape index (κ2) is 10.1. The van der Waals surface area contributed by atoms with Crippen LogP contribution in [0.25, 0.3) is 4.72 Å². The number of ether oxygens (including phenoxy) is 1. The first-order valence-corrected chi connectivity index (χ1v) is 11.6. The fourth-order valence-corrected chi connectivity index (χ4v) is 5.57. The van der Waals surface area contributed by atoms with Crippen molar-refractivity contribution in [2.24, 2.45) is 7.05 Å². The zero-order chi connectivity index (χ0) is 21.3. The maximum absolute atomic E-state index is 13.1. The van der Waals surface area contributed by atoms with E-state index in [0.717, 1.165) is 30.4 Å². The molecule has 0 unspecified atom stereocenters. The smallest absolute Gasteiger partial charge is 0.423 e. The maximum atomic E-state index is 13.1. The second-order valence-corrected chi connectivity index (χ2v) is 9.36. The Balaban J connectivity index is 0.00000272. The van der Waals surface area contributed by atoms with Gasteiger partial charge in [-0.3, -0.25) is 13.8 Å². The molecular formula is C19H23ClN5NaO4S. The normalized spacial score (nSPS) is 16.3. The Morgan fingerprint density at radius 3 is 2.74 bits per heavy atom. The number of halogens is 1. The maximum Gasteiger partial charge on any atom is 1.00 e. The Bertz CT molecular complexity index is 1060. The molecule has 1 saturated heterocycles. The molecule has 162 valence electrons. The summed E-state index contributed by atoms with van der Waals surface area (Å²) in [7, 11) is -2.60. The van der Waals surface area contributed by atoms with Gasteiger partial charge in [0, 0.05) is 37.5 Å². The van der Waals surface area contributed by atoms with Crippen LogP contribution in [0, 0.1) is 0 Å². The molecule has 1 fully saturated rings. The summed E-state index contributed by atoms with van der Waals surface area (Å²) in [6.45, 7) is 0.885. The van der Waals surface area contributed by atoms with Crippen LogP contribution < -0.4 is 39.2 Å². The minimum absolute atomic E-state index is 0. The number of anilines is 2. The standard InChI is InChI=1S/C19H24ClN5O4S.Na/c1-24-12-16(11-21-24)25(15-5-7-29-8-6-15)30(27,28)23-19(26)22-18-10-14(20)9-13-3-2-4-17(13)18;/h9-12,15H,2-8H2,1H3,(H2,22,23,26);/q;+1/p-1. The summed E-state index contributed by atoms with van der Waals surface area (Å²) >= 11 is 6.15. The van der Waals surface area contributed by atoms with Gasteiger partial charge >= 0.3 is 29.6 Å². The predicted molar refractivity (Wildman–Crippen MR) is 114 cm³/mol. The molecule has 2 aromatic rings. The molecule has 0 bridgehead atoms. The molecule has 1 N–H and O–H groups in total. The van der Waals surface area contributed by atoms with Gasteiger partial charge in [0.25, 0.3) is 10.2 Å². The van der Waals surface area contributed by atoms with Crippen molar-refractivity contribution in [3.05, 3.63) is 45.4 Å². The zero-order valence-electron chi connectivity index (χ0n) is 17.5. The van der Waals surface area contributed by atoms with Gasteiger partial charge in [-0.25, -0.2) is 8.42 Å². The molecule has 1 aliphatic heterocycles. The summed E-state index contributed by atoms with van der Waals surface area (Å²) in [6.07, 6.45) is 6.70. The van der Waals surface area contributed by atoms with E-state index in [0.29, 0.717) is 42.5 Å². The van der Waals surface area contributed by atoms with Crippen LogP contribution in [0.2, 0.25) is 5.02 Å². The van der Waals surface area contributed by atoms with Crippen LogP contribution in [0.15, 0.2) is 24.5 Å². The first-order valence-electron chi connectivity index (χ1n) is 9.79. The van der Waals surface area contributed by atoms with E-state index in [1.807, 2.05) is 6.07 Å². The minimum Gasteiger partial charge on any atom is -0.423 e. The van der Waals surface area contributed by atoms with Crippen LogP contribution in [0.4, 0.5) is 16.2 Å². The third-order valence-electron chi connectivity index (χ3n) is 5.34. The molecule has 31 heavy (non-hydrogen) atoms. The number of urea groups is 1. The fraction of sp³-hybridized carbons (Fsp3) is 0.474. The van der Waals surface area contributed by atoms with Crippen molar-refractivity contribution >= 4 is 39.2 Å². The summed E-state index contributed by atoms with van der Waals surface area (Å²) in [5.41, 5.74) is 2.93. The molecule has 1 aromatic heterocycles. The predicted octanol–water partition coefficient (Wildman–Crippen LogP) is 0.402. The van der Waals surface area contributed by atoms with Crippen molar-refractivity contribution in [1.82, 2.24) is 9.78 Å². The van der Waals surface area contributed by atoms with E-state index >= 15 is 0 Å². The van der Waals surface area contributed by atoms with Crippen LogP contribution in [0.3, 0.4) is 0 Å². The van der Waals surface area contributed by atoms with E-state index in [1.54, 1.807) is 19.3 Å². The Morgan fingerprint density at radius 2 is 2.06 bits per heavy atom. The van der Waals surface area contributed by atoms with Crippen molar-refractivity contribution in [2.75, 3.05) is 22.8 Å². The van der Waals surface area contributed by atoms with Gasteiger partial charge in [-0.15, -0.1) is 0 Å². The molecule has 1 aliphatic carbocycles. The van der Waals surface area contributed by atoms with E-state index in [1.165, 1.54) is 15.2 Å². The first-order chi connectivity index (χ1) is 14.3.